The van der Waals surface area contributed by atoms with Crippen LogP contribution < -0.4 is 4.90 Å². The molecule has 2 atom stereocenters. The van der Waals surface area contributed by atoms with Crippen LogP contribution in [0.15, 0.2) is 42.5 Å². The lowest BCUT2D eigenvalue weighted by molar-refractivity contribution is 0.0965. The van der Waals surface area contributed by atoms with E-state index in [4.69, 9.17) is 11.6 Å². The summed E-state index contributed by atoms with van der Waals surface area (Å²) in [4.78, 5) is 17.6. The number of carbonyl (C=O) groups is 1. The molecule has 0 radical (unpaired) electrons. The van der Waals surface area contributed by atoms with Gasteiger partial charge in [0.05, 0.1) is 10.6 Å². The van der Waals surface area contributed by atoms with Gasteiger partial charge in [-0.25, -0.2) is 0 Å². The number of carbonyl (C=O) groups excluding carboxylic acids is 1. The Kier molecular flexibility index (Phi) is 3.86. The molecule has 0 spiro atoms. The molecule has 2 aromatic carbocycles. The van der Waals surface area contributed by atoms with Gasteiger partial charge in [0.15, 0.2) is 0 Å². The molecule has 4 heteroatoms. The summed E-state index contributed by atoms with van der Waals surface area (Å²) in [7, 11) is 2.16. The lowest BCUT2D eigenvalue weighted by Gasteiger charge is -2.36. The number of hydrogen-bond donors (Lipinski definition) is 0. The van der Waals surface area contributed by atoms with Gasteiger partial charge in [0.1, 0.15) is 0 Å². The number of anilines is 1. The Bertz CT molecular complexity index is 804. The smallest absolute Gasteiger partial charge is 0.260 e. The summed E-state index contributed by atoms with van der Waals surface area (Å²) in [6, 6.07) is 14.0. The van der Waals surface area contributed by atoms with Crippen molar-refractivity contribution in [2.75, 3.05) is 25.0 Å². The van der Waals surface area contributed by atoms with Gasteiger partial charge < -0.3 is 9.80 Å². The first-order valence-electron chi connectivity index (χ1n) is 8.43. The topological polar surface area (TPSA) is 23.6 Å². The predicted molar refractivity (Wildman–Crippen MR) is 98.1 cm³/mol. The van der Waals surface area contributed by atoms with Gasteiger partial charge in [-0.05, 0) is 50.7 Å². The molecule has 4 rings (SSSR count). The van der Waals surface area contributed by atoms with Crippen LogP contribution in [-0.2, 0) is 0 Å². The maximum atomic E-state index is 13.3. The molecule has 124 valence electrons. The second-order valence-corrected chi connectivity index (χ2v) is 7.35. The van der Waals surface area contributed by atoms with Crippen LogP contribution in [0.5, 0.6) is 0 Å². The average Bonchev–Trinajstić information content (AvgIpc) is 2.88. The molecule has 2 aliphatic rings. The number of piperidine rings is 1. The quantitative estimate of drug-likeness (QED) is 0.780. The largest absolute Gasteiger partial charge is 0.306 e. The Morgan fingerprint density at radius 3 is 2.79 bits per heavy atom. The highest BCUT2D eigenvalue weighted by Crippen LogP contribution is 2.45. The van der Waals surface area contributed by atoms with Crippen LogP contribution in [0.1, 0.15) is 33.8 Å². The Hall–Kier alpha value is -1.84. The van der Waals surface area contributed by atoms with Gasteiger partial charge in [-0.3, -0.25) is 4.79 Å². The summed E-state index contributed by atoms with van der Waals surface area (Å²) >= 11 is 6.29. The average molecular weight is 341 g/mol. The summed E-state index contributed by atoms with van der Waals surface area (Å²) in [5, 5.41) is 0.521. The van der Waals surface area contributed by atoms with Crippen molar-refractivity contribution in [1.82, 2.24) is 4.90 Å². The minimum atomic E-state index is 0.0164. The number of hydrogen-bond acceptors (Lipinski definition) is 2. The van der Waals surface area contributed by atoms with Crippen molar-refractivity contribution in [3.8, 4) is 0 Å². The van der Waals surface area contributed by atoms with E-state index in [9.17, 15) is 4.79 Å². The Morgan fingerprint density at radius 1 is 1.21 bits per heavy atom. The third-order valence-electron chi connectivity index (χ3n) is 5.28. The van der Waals surface area contributed by atoms with Gasteiger partial charge in [0.2, 0.25) is 0 Å². The molecule has 2 aromatic rings. The highest BCUT2D eigenvalue weighted by atomic mass is 35.5. The van der Waals surface area contributed by atoms with Crippen LogP contribution >= 0.6 is 11.6 Å². The van der Waals surface area contributed by atoms with E-state index in [1.54, 1.807) is 6.07 Å². The Labute approximate surface area is 147 Å². The number of benzene rings is 2. The molecule has 2 heterocycles. The van der Waals surface area contributed by atoms with Crippen LogP contribution in [0, 0.1) is 6.92 Å². The van der Waals surface area contributed by atoms with E-state index in [-0.39, 0.29) is 11.9 Å². The minimum Gasteiger partial charge on any atom is -0.306 e. The van der Waals surface area contributed by atoms with Crippen LogP contribution in [-0.4, -0.2) is 37.0 Å². The zero-order valence-corrected chi connectivity index (χ0v) is 14.8. The van der Waals surface area contributed by atoms with Crippen molar-refractivity contribution in [3.63, 3.8) is 0 Å². The zero-order valence-electron chi connectivity index (χ0n) is 14.0. The number of aryl methyl sites for hydroxylation is 1. The van der Waals surface area contributed by atoms with Crippen molar-refractivity contribution < 1.29 is 4.79 Å². The summed E-state index contributed by atoms with van der Waals surface area (Å²) in [5.41, 5.74) is 4.18. The molecule has 0 aromatic heterocycles. The fourth-order valence-corrected chi connectivity index (χ4v) is 4.33. The van der Waals surface area contributed by atoms with E-state index in [1.807, 2.05) is 23.1 Å². The van der Waals surface area contributed by atoms with Gasteiger partial charge in [-0.15, -0.1) is 0 Å². The Morgan fingerprint density at radius 2 is 2.00 bits per heavy atom. The van der Waals surface area contributed by atoms with Crippen LogP contribution in [0.2, 0.25) is 5.02 Å². The molecule has 1 amide bonds. The van der Waals surface area contributed by atoms with Crippen molar-refractivity contribution in [2.24, 2.45) is 0 Å². The third-order valence-corrected chi connectivity index (χ3v) is 5.61. The molecule has 1 fully saturated rings. The van der Waals surface area contributed by atoms with Crippen LogP contribution in [0.4, 0.5) is 5.69 Å². The number of likely N-dealkylation sites (N-methyl/N-ethyl adjacent to an activating group) is 1. The lowest BCUT2D eigenvalue weighted by atomic mass is 9.88. The minimum absolute atomic E-state index is 0.0164. The molecule has 0 saturated carbocycles. The number of nitrogens with zero attached hydrogens (tertiary/aromatic N) is 2. The number of fused-ring (bicyclic) bond motifs is 3. The van der Waals surface area contributed by atoms with E-state index in [0.717, 1.165) is 25.2 Å². The fraction of sp³-hybridized carbons (Fsp3) is 0.350. The van der Waals surface area contributed by atoms with E-state index < -0.39 is 0 Å². The van der Waals surface area contributed by atoms with E-state index in [1.165, 1.54) is 11.1 Å². The van der Waals surface area contributed by atoms with Crippen LogP contribution in [0.3, 0.4) is 0 Å². The molecule has 0 unspecified atom stereocenters. The fourth-order valence-electron chi connectivity index (χ4n) is 4.11. The third kappa shape index (κ3) is 2.43. The molecule has 2 aliphatic heterocycles. The maximum absolute atomic E-state index is 13.3. The first kappa shape index (κ1) is 15.7. The first-order valence-corrected chi connectivity index (χ1v) is 8.81. The summed E-state index contributed by atoms with van der Waals surface area (Å²) in [6.45, 7) is 4.12. The standard InChI is InChI=1S/C20H21ClN2O/c1-13-7-8-18-15(11-13)16-12-22(2)10-9-19(16)23(18)20(24)14-5-3-4-6-17(14)21/h3-8,11,16,19H,9-10,12H2,1-2H3/t16-,19+/m1/s1. The first-order chi connectivity index (χ1) is 11.6. The molecule has 0 bridgehead atoms. The number of amides is 1. The van der Waals surface area contributed by atoms with E-state index in [0.29, 0.717) is 16.5 Å². The summed E-state index contributed by atoms with van der Waals surface area (Å²) < 4.78 is 0. The maximum Gasteiger partial charge on any atom is 0.260 e. The van der Waals surface area contributed by atoms with Crippen molar-refractivity contribution in [2.45, 2.75) is 25.3 Å². The number of rotatable bonds is 1. The normalized spacial score (nSPS) is 23.0. The highest BCUT2D eigenvalue weighted by Gasteiger charge is 2.44. The van der Waals surface area contributed by atoms with Gasteiger partial charge >= 0.3 is 0 Å². The predicted octanol–water partition coefficient (Wildman–Crippen LogP) is 4.10. The van der Waals surface area contributed by atoms with Crippen LogP contribution in [0.25, 0.3) is 0 Å². The van der Waals surface area contributed by atoms with E-state index in [2.05, 4.69) is 37.1 Å². The molecule has 0 N–H and O–H groups in total. The molecular formula is C20H21ClN2O. The van der Waals surface area contributed by atoms with Crippen molar-refractivity contribution in [1.29, 1.82) is 0 Å². The molecule has 24 heavy (non-hydrogen) atoms. The molecule has 1 saturated heterocycles. The van der Waals surface area contributed by atoms with E-state index >= 15 is 0 Å². The SMILES string of the molecule is Cc1ccc2c(c1)[C@H]1CN(C)CC[C@@H]1N2C(=O)c1ccccc1Cl. The van der Waals surface area contributed by atoms with Gasteiger partial charge in [0, 0.05) is 24.2 Å². The lowest BCUT2D eigenvalue weighted by Crippen LogP contribution is -2.47. The number of likely N-dealkylation sites (tertiary alicyclic amines) is 1. The highest BCUT2D eigenvalue weighted by molar-refractivity contribution is 6.34. The Balaban J connectivity index is 1.81. The molecular weight excluding hydrogens is 320 g/mol. The number of halogens is 1. The second kappa shape index (κ2) is 5.91. The zero-order chi connectivity index (χ0) is 16.8. The molecule has 0 aliphatic carbocycles. The molecule has 3 nitrogen and oxygen atoms in total. The summed E-state index contributed by atoms with van der Waals surface area (Å²) in [6.07, 6.45) is 0.991. The second-order valence-electron chi connectivity index (χ2n) is 6.94. The van der Waals surface area contributed by atoms with Crippen molar-refractivity contribution in [3.05, 3.63) is 64.2 Å². The van der Waals surface area contributed by atoms with Crippen molar-refractivity contribution >= 4 is 23.2 Å². The summed E-state index contributed by atoms with van der Waals surface area (Å²) in [5.74, 6) is 0.396. The van der Waals surface area contributed by atoms with Gasteiger partial charge in [0.25, 0.3) is 5.91 Å². The van der Waals surface area contributed by atoms with Gasteiger partial charge in [-0.2, -0.15) is 0 Å². The van der Waals surface area contributed by atoms with Gasteiger partial charge in [-0.1, -0.05) is 41.4 Å². The monoisotopic (exact) mass is 340 g/mol.